The number of para-hydroxylation sites is 3. The van der Waals surface area contributed by atoms with Gasteiger partial charge in [-0.05, 0) is 57.6 Å². The molecule has 0 fully saturated rings. The lowest BCUT2D eigenvalue weighted by atomic mass is 9.62. The van der Waals surface area contributed by atoms with Crippen LogP contribution in [0.4, 0.5) is 0 Å². The molecule has 1 unspecified atom stereocenters. The average Bonchev–Trinajstić information content (AvgIpc) is 3.58. The molecule has 9 aromatic rings. The Morgan fingerprint density at radius 3 is 1.77 bits per heavy atom. The fourth-order valence-electron chi connectivity index (χ4n) is 9.09. The first-order valence-corrected chi connectivity index (χ1v) is 20.6. The number of nitrogens with zero attached hydrogens (tertiary/aromatic N) is 1. The largest absolute Gasteiger partial charge is 0.309 e. The molecular formula is C49H32NOPS. The second kappa shape index (κ2) is 11.6. The van der Waals surface area contributed by atoms with E-state index in [0.717, 1.165) is 27.0 Å². The van der Waals surface area contributed by atoms with Crippen molar-refractivity contribution in [3.63, 3.8) is 0 Å². The van der Waals surface area contributed by atoms with Gasteiger partial charge in [0.1, 0.15) is 0 Å². The fraction of sp³-hybridized carbons (Fsp3) is 0.0204. The minimum absolute atomic E-state index is 0.502. The van der Waals surface area contributed by atoms with E-state index in [9.17, 15) is 0 Å². The lowest BCUT2D eigenvalue weighted by Gasteiger charge is -2.45. The van der Waals surface area contributed by atoms with Gasteiger partial charge in [0.15, 0.2) is 7.14 Å². The molecule has 2 aliphatic heterocycles. The first-order valence-electron chi connectivity index (χ1n) is 18.0. The maximum Gasteiger partial charge on any atom is 0.171 e. The number of aromatic nitrogens is 1. The molecule has 0 saturated carbocycles. The van der Waals surface area contributed by atoms with Crippen molar-refractivity contribution in [3.8, 4) is 16.8 Å². The molecule has 2 nitrogen and oxygen atoms in total. The summed E-state index contributed by atoms with van der Waals surface area (Å²) in [7, 11) is -3.06. The van der Waals surface area contributed by atoms with Crippen molar-refractivity contribution in [1.29, 1.82) is 0 Å². The highest BCUT2D eigenvalue weighted by molar-refractivity contribution is 7.99. The second-order valence-corrected chi connectivity index (χ2v) is 17.8. The van der Waals surface area contributed by atoms with E-state index in [4.69, 9.17) is 0 Å². The molecule has 1 aromatic heterocycles. The van der Waals surface area contributed by atoms with Crippen molar-refractivity contribution in [2.75, 3.05) is 0 Å². The molecule has 0 bridgehead atoms. The Bertz CT molecular complexity index is 2910. The first kappa shape index (κ1) is 30.7. The number of fused-ring (bicyclic) bond motifs is 11. The normalized spacial score (nSPS) is 15.6. The van der Waals surface area contributed by atoms with E-state index in [1.165, 1.54) is 59.5 Å². The van der Waals surface area contributed by atoms with Crippen LogP contribution in [0, 0.1) is 0 Å². The van der Waals surface area contributed by atoms with Crippen LogP contribution in [0.1, 0.15) is 22.3 Å². The zero-order chi connectivity index (χ0) is 35.1. The van der Waals surface area contributed by atoms with E-state index >= 15 is 4.57 Å². The summed E-state index contributed by atoms with van der Waals surface area (Å²) >= 11 is 1.86. The quantitative estimate of drug-likeness (QED) is 0.169. The SMILES string of the molecule is O=P(c1ccccc1)(c1ccccc1)c1ccc(-c2ccc3c(c2)Sc2ccccc2C32c3ccccc3-n3c4ccccc4c4cccc2c43)cc1. The molecule has 1 atom stereocenters. The summed E-state index contributed by atoms with van der Waals surface area (Å²) in [5.74, 6) is 0. The lowest BCUT2D eigenvalue weighted by molar-refractivity contribution is 0.592. The maximum absolute atomic E-state index is 15.1. The van der Waals surface area contributed by atoms with Crippen LogP contribution in [0.5, 0.6) is 0 Å². The summed E-state index contributed by atoms with van der Waals surface area (Å²) in [5.41, 5.74) is 10.7. The van der Waals surface area contributed by atoms with Gasteiger partial charge in [0.25, 0.3) is 0 Å². The van der Waals surface area contributed by atoms with Crippen LogP contribution in [0.15, 0.2) is 204 Å². The van der Waals surface area contributed by atoms with Gasteiger partial charge in [-0.15, -0.1) is 0 Å². The summed E-state index contributed by atoms with van der Waals surface area (Å²) in [6.45, 7) is 0. The zero-order valence-corrected chi connectivity index (χ0v) is 30.4. The Morgan fingerprint density at radius 1 is 0.434 bits per heavy atom. The van der Waals surface area contributed by atoms with Crippen LogP contribution in [-0.2, 0) is 9.98 Å². The van der Waals surface area contributed by atoms with E-state index in [1.807, 2.05) is 72.4 Å². The van der Waals surface area contributed by atoms with Crippen LogP contribution >= 0.6 is 18.9 Å². The minimum atomic E-state index is -3.06. The average molecular weight is 714 g/mol. The van der Waals surface area contributed by atoms with E-state index in [-0.39, 0.29) is 0 Å². The molecule has 11 rings (SSSR count). The zero-order valence-electron chi connectivity index (χ0n) is 28.7. The van der Waals surface area contributed by atoms with E-state index in [1.54, 1.807) is 0 Å². The number of hydrogen-bond acceptors (Lipinski definition) is 2. The molecule has 0 saturated heterocycles. The van der Waals surface area contributed by atoms with E-state index in [2.05, 4.69) is 138 Å². The molecule has 1 spiro atoms. The molecule has 0 aliphatic carbocycles. The van der Waals surface area contributed by atoms with Crippen LogP contribution in [0.2, 0.25) is 0 Å². The molecule has 53 heavy (non-hydrogen) atoms. The highest BCUT2D eigenvalue weighted by Crippen LogP contribution is 2.60. The maximum atomic E-state index is 15.1. The Balaban J connectivity index is 1.11. The molecule has 250 valence electrons. The van der Waals surface area contributed by atoms with Crippen molar-refractivity contribution in [2.24, 2.45) is 0 Å². The highest BCUT2D eigenvalue weighted by atomic mass is 32.2. The molecule has 8 aromatic carbocycles. The number of benzene rings is 8. The van der Waals surface area contributed by atoms with Gasteiger partial charge in [0, 0.05) is 36.5 Å². The molecule has 0 amide bonds. The van der Waals surface area contributed by atoms with Crippen molar-refractivity contribution in [3.05, 3.63) is 216 Å². The van der Waals surface area contributed by atoms with Crippen molar-refractivity contribution >= 4 is 56.6 Å². The van der Waals surface area contributed by atoms with Crippen LogP contribution in [0.25, 0.3) is 38.6 Å². The van der Waals surface area contributed by atoms with E-state index < -0.39 is 12.6 Å². The molecule has 4 heteroatoms. The van der Waals surface area contributed by atoms with Gasteiger partial charge >= 0.3 is 0 Å². The Hall–Kier alpha value is -5.86. The predicted molar refractivity (Wildman–Crippen MR) is 222 cm³/mol. The molecule has 2 aliphatic rings. The third kappa shape index (κ3) is 4.21. The van der Waals surface area contributed by atoms with Gasteiger partial charge in [-0.3, -0.25) is 0 Å². The monoisotopic (exact) mass is 713 g/mol. The predicted octanol–water partition coefficient (Wildman–Crippen LogP) is 11.3. The molecule has 3 heterocycles. The van der Waals surface area contributed by atoms with Crippen LogP contribution < -0.4 is 15.9 Å². The topological polar surface area (TPSA) is 22.0 Å². The highest BCUT2D eigenvalue weighted by Gasteiger charge is 2.49. The van der Waals surface area contributed by atoms with Crippen molar-refractivity contribution < 1.29 is 4.57 Å². The third-order valence-electron chi connectivity index (χ3n) is 11.3. The van der Waals surface area contributed by atoms with Crippen molar-refractivity contribution in [2.45, 2.75) is 15.2 Å². The molecular weight excluding hydrogens is 682 g/mol. The summed E-state index contributed by atoms with van der Waals surface area (Å²) in [6, 6.07) is 68.9. The summed E-state index contributed by atoms with van der Waals surface area (Å²) in [5, 5.41) is 5.08. The van der Waals surface area contributed by atoms with Gasteiger partial charge in [0.2, 0.25) is 0 Å². The van der Waals surface area contributed by atoms with Gasteiger partial charge in [-0.1, -0.05) is 182 Å². The standard InChI is InChI=1S/C49H32NOPS/c51-52(35-14-3-1-4-15-35,36-16-5-2-6-17-36)37-29-26-33(27-30-37)34-28-31-42-47(32-34)53-46-25-12-9-21-41(46)49(42)40-20-8-11-24-45(40)50-44-23-10-7-18-38(44)39-19-13-22-43(49)48(39)50/h1-32H. The summed E-state index contributed by atoms with van der Waals surface area (Å²) in [4.78, 5) is 2.52. The van der Waals surface area contributed by atoms with Gasteiger partial charge < -0.3 is 9.13 Å². The Labute approximate surface area is 312 Å². The summed E-state index contributed by atoms with van der Waals surface area (Å²) in [6.07, 6.45) is 0. The van der Waals surface area contributed by atoms with Gasteiger partial charge in [0.05, 0.1) is 22.1 Å². The molecule has 0 radical (unpaired) electrons. The second-order valence-electron chi connectivity index (χ2n) is 14.0. The smallest absolute Gasteiger partial charge is 0.171 e. The molecule has 0 N–H and O–H groups in total. The Morgan fingerprint density at radius 2 is 1.00 bits per heavy atom. The number of hydrogen-bond donors (Lipinski definition) is 0. The van der Waals surface area contributed by atoms with Crippen LogP contribution in [-0.4, -0.2) is 4.57 Å². The fourth-order valence-corrected chi connectivity index (χ4v) is 13.0. The van der Waals surface area contributed by atoms with Crippen LogP contribution in [0.3, 0.4) is 0 Å². The summed E-state index contributed by atoms with van der Waals surface area (Å²) < 4.78 is 17.6. The van der Waals surface area contributed by atoms with Gasteiger partial charge in [-0.2, -0.15) is 0 Å². The Kier molecular flexibility index (Phi) is 6.71. The number of rotatable bonds is 4. The minimum Gasteiger partial charge on any atom is -0.309 e. The van der Waals surface area contributed by atoms with Gasteiger partial charge in [-0.25, -0.2) is 0 Å². The van der Waals surface area contributed by atoms with Crippen molar-refractivity contribution in [1.82, 2.24) is 4.57 Å². The third-order valence-corrected chi connectivity index (χ3v) is 15.6. The first-order chi connectivity index (χ1) is 26.2. The van der Waals surface area contributed by atoms with E-state index in [0.29, 0.717) is 0 Å². The lowest BCUT2D eigenvalue weighted by Crippen LogP contribution is -2.37.